The predicted octanol–water partition coefficient (Wildman–Crippen LogP) is 2.40. The lowest BCUT2D eigenvalue weighted by molar-refractivity contribution is -0.121. The van der Waals surface area contributed by atoms with E-state index in [-0.39, 0.29) is 5.91 Å². The molecule has 1 aliphatic carbocycles. The highest BCUT2D eigenvalue weighted by atomic mass is 16.1. The van der Waals surface area contributed by atoms with E-state index >= 15 is 0 Å². The number of carbonyl (C=O) groups is 1. The number of amides is 1. The van der Waals surface area contributed by atoms with Crippen molar-refractivity contribution in [1.29, 1.82) is 0 Å². The van der Waals surface area contributed by atoms with Gasteiger partial charge >= 0.3 is 0 Å². The quantitative estimate of drug-likeness (QED) is 0.347. The van der Waals surface area contributed by atoms with E-state index < -0.39 is 0 Å². The minimum Gasteiger partial charge on any atom is -0.356 e. The predicted molar refractivity (Wildman–Crippen MR) is 114 cm³/mol. The van der Waals surface area contributed by atoms with E-state index in [0.29, 0.717) is 12.5 Å². The summed E-state index contributed by atoms with van der Waals surface area (Å²) in [5.74, 6) is 0.942. The second kappa shape index (κ2) is 11.1. The highest BCUT2D eigenvalue weighted by Gasteiger charge is 2.22. The van der Waals surface area contributed by atoms with Crippen molar-refractivity contribution in [3.63, 3.8) is 0 Å². The van der Waals surface area contributed by atoms with E-state index in [2.05, 4.69) is 50.1 Å². The van der Waals surface area contributed by atoms with Crippen molar-refractivity contribution in [3.05, 3.63) is 35.4 Å². The van der Waals surface area contributed by atoms with Gasteiger partial charge in [-0.2, -0.15) is 0 Å². The topological polar surface area (TPSA) is 68.8 Å². The van der Waals surface area contributed by atoms with Crippen molar-refractivity contribution in [2.24, 2.45) is 4.99 Å². The van der Waals surface area contributed by atoms with E-state index in [0.717, 1.165) is 44.9 Å². The zero-order valence-corrected chi connectivity index (χ0v) is 17.2. The molecule has 3 rings (SSSR count). The molecule has 6 nitrogen and oxygen atoms in total. The first-order chi connectivity index (χ1) is 13.7. The smallest absolute Gasteiger partial charge is 0.220 e. The zero-order chi connectivity index (χ0) is 19.6. The summed E-state index contributed by atoms with van der Waals surface area (Å²) in [5.41, 5.74) is 2.63. The highest BCUT2D eigenvalue weighted by molar-refractivity contribution is 5.80. The van der Waals surface area contributed by atoms with Gasteiger partial charge in [0.25, 0.3) is 0 Å². The van der Waals surface area contributed by atoms with E-state index in [1.807, 2.05) is 0 Å². The summed E-state index contributed by atoms with van der Waals surface area (Å²) in [6.45, 7) is 5.00. The van der Waals surface area contributed by atoms with Crippen LogP contribution < -0.4 is 16.0 Å². The van der Waals surface area contributed by atoms with Crippen LogP contribution in [-0.2, 0) is 17.9 Å². The average Bonchev–Trinajstić information content (AvgIpc) is 3.53. The standard InChI is InChI=1S/C22H35N5O/c1-23-22(24-13-5-6-21(28)26-20-11-12-20)25-16-18-7-9-19(10-8-18)17-27-14-3-2-4-15-27/h7-10,20H,2-6,11-17H2,1H3,(H,26,28)(H2,23,24,25). The van der Waals surface area contributed by atoms with E-state index in [1.54, 1.807) is 7.05 Å². The molecule has 1 aromatic rings. The van der Waals surface area contributed by atoms with Gasteiger partial charge in [0.2, 0.25) is 5.91 Å². The van der Waals surface area contributed by atoms with Gasteiger partial charge in [0, 0.05) is 39.1 Å². The number of rotatable bonds is 9. The molecule has 3 N–H and O–H groups in total. The van der Waals surface area contributed by atoms with E-state index in [4.69, 9.17) is 0 Å². The molecule has 1 aromatic carbocycles. The average molecular weight is 386 g/mol. The highest BCUT2D eigenvalue weighted by Crippen LogP contribution is 2.18. The molecule has 6 heteroatoms. The summed E-state index contributed by atoms with van der Waals surface area (Å²) in [6, 6.07) is 9.31. The molecule has 0 spiro atoms. The van der Waals surface area contributed by atoms with Gasteiger partial charge in [-0.1, -0.05) is 30.7 Å². The summed E-state index contributed by atoms with van der Waals surface area (Å²) in [7, 11) is 1.77. The van der Waals surface area contributed by atoms with Crippen molar-refractivity contribution in [1.82, 2.24) is 20.9 Å². The fourth-order valence-corrected chi connectivity index (χ4v) is 3.53. The van der Waals surface area contributed by atoms with Crippen LogP contribution in [-0.4, -0.2) is 49.5 Å². The number of hydrogen-bond donors (Lipinski definition) is 3. The van der Waals surface area contributed by atoms with Gasteiger partial charge in [-0.05, 0) is 56.3 Å². The van der Waals surface area contributed by atoms with Crippen LogP contribution in [0.2, 0.25) is 0 Å². The monoisotopic (exact) mass is 385 g/mol. The van der Waals surface area contributed by atoms with Crippen LogP contribution in [0.3, 0.4) is 0 Å². The fourth-order valence-electron chi connectivity index (χ4n) is 3.53. The molecule has 0 unspecified atom stereocenters. The Kier molecular flexibility index (Phi) is 8.15. The fraction of sp³-hybridized carbons (Fsp3) is 0.636. The maximum Gasteiger partial charge on any atom is 0.220 e. The minimum absolute atomic E-state index is 0.164. The number of benzene rings is 1. The first-order valence-corrected chi connectivity index (χ1v) is 10.8. The van der Waals surface area contributed by atoms with E-state index in [1.165, 1.54) is 43.5 Å². The van der Waals surface area contributed by atoms with Crippen LogP contribution in [0.15, 0.2) is 29.3 Å². The lowest BCUT2D eigenvalue weighted by Crippen LogP contribution is -2.37. The number of nitrogens with one attached hydrogen (secondary N) is 3. The summed E-state index contributed by atoms with van der Waals surface area (Å²) in [6.07, 6.45) is 7.70. The number of carbonyl (C=O) groups excluding carboxylic acids is 1. The lowest BCUT2D eigenvalue weighted by Gasteiger charge is -2.26. The largest absolute Gasteiger partial charge is 0.356 e. The molecule has 0 bridgehead atoms. The van der Waals surface area contributed by atoms with Crippen molar-refractivity contribution >= 4 is 11.9 Å². The van der Waals surface area contributed by atoms with Crippen LogP contribution in [0.5, 0.6) is 0 Å². The Morgan fingerprint density at radius 3 is 2.46 bits per heavy atom. The molecular weight excluding hydrogens is 350 g/mol. The van der Waals surface area contributed by atoms with Gasteiger partial charge in [0.1, 0.15) is 0 Å². The van der Waals surface area contributed by atoms with Crippen molar-refractivity contribution in [3.8, 4) is 0 Å². The normalized spacial score (nSPS) is 18.0. The van der Waals surface area contributed by atoms with Crippen LogP contribution in [0.1, 0.15) is 56.1 Å². The second-order valence-corrected chi connectivity index (χ2v) is 7.95. The maximum absolute atomic E-state index is 11.7. The summed E-state index contributed by atoms with van der Waals surface area (Å²) in [4.78, 5) is 18.5. The Morgan fingerprint density at radius 1 is 1.07 bits per heavy atom. The molecule has 0 aromatic heterocycles. The SMILES string of the molecule is CN=C(NCCCC(=O)NC1CC1)NCc1ccc(CN2CCCCC2)cc1. The third-order valence-electron chi connectivity index (χ3n) is 5.38. The van der Waals surface area contributed by atoms with Gasteiger partial charge in [0.15, 0.2) is 5.96 Å². The molecule has 1 amide bonds. The molecule has 1 saturated heterocycles. The molecule has 2 fully saturated rings. The van der Waals surface area contributed by atoms with Crippen LogP contribution in [0.4, 0.5) is 0 Å². The summed E-state index contributed by atoms with van der Waals surface area (Å²) < 4.78 is 0. The first-order valence-electron chi connectivity index (χ1n) is 10.8. The zero-order valence-electron chi connectivity index (χ0n) is 17.2. The van der Waals surface area contributed by atoms with E-state index in [9.17, 15) is 4.79 Å². The van der Waals surface area contributed by atoms with Crippen molar-refractivity contribution in [2.75, 3.05) is 26.7 Å². The second-order valence-electron chi connectivity index (χ2n) is 7.95. The van der Waals surface area contributed by atoms with Crippen LogP contribution in [0.25, 0.3) is 0 Å². The van der Waals surface area contributed by atoms with Crippen molar-refractivity contribution < 1.29 is 4.79 Å². The molecule has 154 valence electrons. The number of likely N-dealkylation sites (tertiary alicyclic amines) is 1. The maximum atomic E-state index is 11.7. The molecule has 2 aliphatic rings. The van der Waals surface area contributed by atoms with Gasteiger partial charge in [0.05, 0.1) is 0 Å². The van der Waals surface area contributed by atoms with Crippen LogP contribution >= 0.6 is 0 Å². The molecule has 1 aliphatic heterocycles. The number of piperidine rings is 1. The Balaban J connectivity index is 1.31. The molecule has 1 heterocycles. The molecule has 0 radical (unpaired) electrons. The van der Waals surface area contributed by atoms with Crippen LogP contribution in [0, 0.1) is 0 Å². The molecule has 0 atom stereocenters. The molecule has 28 heavy (non-hydrogen) atoms. The minimum atomic E-state index is 0.164. The number of nitrogens with zero attached hydrogens (tertiary/aromatic N) is 2. The first kappa shape index (κ1) is 20.6. The van der Waals surface area contributed by atoms with Gasteiger partial charge in [-0.3, -0.25) is 14.7 Å². The Morgan fingerprint density at radius 2 is 1.79 bits per heavy atom. The molecule has 1 saturated carbocycles. The third-order valence-corrected chi connectivity index (χ3v) is 5.38. The third kappa shape index (κ3) is 7.50. The Bertz CT molecular complexity index is 633. The Hall–Kier alpha value is -2.08. The summed E-state index contributed by atoms with van der Waals surface area (Å²) >= 11 is 0. The van der Waals surface area contributed by atoms with Gasteiger partial charge in [-0.15, -0.1) is 0 Å². The lowest BCUT2D eigenvalue weighted by atomic mass is 10.1. The Labute approximate surface area is 169 Å². The van der Waals surface area contributed by atoms with Gasteiger partial charge in [-0.25, -0.2) is 0 Å². The number of hydrogen-bond acceptors (Lipinski definition) is 3. The number of aliphatic imine (C=N–C) groups is 1. The van der Waals surface area contributed by atoms with Gasteiger partial charge < -0.3 is 16.0 Å². The summed E-state index contributed by atoms with van der Waals surface area (Å²) in [5, 5.41) is 9.64. The van der Waals surface area contributed by atoms with Crippen molar-refractivity contribution in [2.45, 2.75) is 64.1 Å². The number of guanidine groups is 1. The molecular formula is C22H35N5O.